The molecule has 0 saturated carbocycles. The van der Waals surface area contributed by atoms with Gasteiger partial charge in [0, 0.05) is 19.6 Å². The highest BCUT2D eigenvalue weighted by Gasteiger charge is 2.33. The van der Waals surface area contributed by atoms with Crippen molar-refractivity contribution in [3.8, 4) is 11.5 Å². The molecule has 0 radical (unpaired) electrons. The highest BCUT2D eigenvalue weighted by Crippen LogP contribution is 2.36. The molecule has 2 aromatic carbocycles. The number of benzene rings is 2. The second-order valence-corrected chi connectivity index (χ2v) is 12.5. The molecule has 2 heterocycles. The number of hydrogen-bond acceptors (Lipinski definition) is 6. The summed E-state index contributed by atoms with van der Waals surface area (Å²) in [6.07, 6.45) is 2.01. The van der Waals surface area contributed by atoms with Gasteiger partial charge in [0.1, 0.15) is 0 Å². The molecule has 0 unspecified atom stereocenters. The maximum absolute atomic E-state index is 13.6. The van der Waals surface area contributed by atoms with Gasteiger partial charge in [0.05, 0.1) is 30.6 Å². The molecule has 0 N–H and O–H groups in total. The Balaban J connectivity index is 1.68. The number of nitrogens with zero attached hydrogens (tertiary/aromatic N) is 2. The van der Waals surface area contributed by atoms with Crippen LogP contribution < -0.4 is 13.8 Å². The molecule has 0 aromatic heterocycles. The molecule has 2 aliphatic heterocycles. The SMILES string of the molecule is COc1cc2c(cc1OC)CN(S(=O)(=O)c1cc(C)c(N3CCCCS3(=O)=O)cc1C)CC2. The number of hydrogen-bond donors (Lipinski definition) is 0. The maximum Gasteiger partial charge on any atom is 0.243 e. The third-order valence-electron chi connectivity index (χ3n) is 6.41. The fraction of sp³-hybridized carbons (Fsp3) is 0.478. The number of ether oxygens (including phenoxy) is 2. The van der Waals surface area contributed by atoms with Crippen LogP contribution in [0.15, 0.2) is 29.2 Å². The summed E-state index contributed by atoms with van der Waals surface area (Å²) in [5, 5.41) is 0. The van der Waals surface area contributed by atoms with Gasteiger partial charge >= 0.3 is 0 Å². The van der Waals surface area contributed by atoms with E-state index in [1.165, 1.54) is 8.61 Å². The van der Waals surface area contributed by atoms with E-state index in [2.05, 4.69) is 0 Å². The van der Waals surface area contributed by atoms with Gasteiger partial charge in [-0.05, 0) is 79.6 Å². The zero-order chi connectivity index (χ0) is 24.0. The fourth-order valence-corrected chi connectivity index (χ4v) is 7.99. The Hall–Kier alpha value is -2.30. The molecule has 33 heavy (non-hydrogen) atoms. The van der Waals surface area contributed by atoms with Crippen LogP contribution in [0.4, 0.5) is 5.69 Å². The lowest BCUT2D eigenvalue weighted by Crippen LogP contribution is -2.38. The van der Waals surface area contributed by atoms with Crippen molar-refractivity contribution in [3.05, 3.63) is 46.5 Å². The first kappa shape index (κ1) is 23.8. The van der Waals surface area contributed by atoms with E-state index in [1.54, 1.807) is 40.2 Å². The van der Waals surface area contributed by atoms with Crippen molar-refractivity contribution in [1.29, 1.82) is 0 Å². The maximum atomic E-state index is 13.6. The van der Waals surface area contributed by atoms with E-state index in [0.29, 0.717) is 54.2 Å². The molecule has 1 fully saturated rings. The lowest BCUT2D eigenvalue weighted by Gasteiger charge is -2.31. The van der Waals surface area contributed by atoms with Crippen molar-refractivity contribution < 1.29 is 26.3 Å². The van der Waals surface area contributed by atoms with E-state index in [4.69, 9.17) is 9.47 Å². The average Bonchev–Trinajstić information content (AvgIpc) is 2.78. The summed E-state index contributed by atoms with van der Waals surface area (Å²) in [6, 6.07) is 7.03. The summed E-state index contributed by atoms with van der Waals surface area (Å²) in [5.74, 6) is 1.31. The predicted octanol–water partition coefficient (Wildman–Crippen LogP) is 3.00. The van der Waals surface area contributed by atoms with E-state index in [0.717, 1.165) is 17.5 Å². The number of aryl methyl sites for hydroxylation is 2. The van der Waals surface area contributed by atoms with Crippen LogP contribution in [0.3, 0.4) is 0 Å². The van der Waals surface area contributed by atoms with E-state index in [-0.39, 0.29) is 17.2 Å². The summed E-state index contributed by atoms with van der Waals surface area (Å²) in [5.41, 5.74) is 3.65. The van der Waals surface area contributed by atoms with Crippen molar-refractivity contribution in [3.63, 3.8) is 0 Å². The Bertz CT molecular complexity index is 1290. The zero-order valence-corrected chi connectivity index (χ0v) is 21.1. The Morgan fingerprint density at radius 3 is 2.18 bits per heavy atom. The van der Waals surface area contributed by atoms with Crippen LogP contribution in [0.1, 0.15) is 35.1 Å². The van der Waals surface area contributed by atoms with Crippen molar-refractivity contribution in [1.82, 2.24) is 4.31 Å². The summed E-state index contributed by atoms with van der Waals surface area (Å²) in [7, 11) is -4.02. The second kappa shape index (κ2) is 8.81. The summed E-state index contributed by atoms with van der Waals surface area (Å²) in [6.45, 7) is 4.49. The van der Waals surface area contributed by atoms with Gasteiger partial charge in [0.15, 0.2) is 11.5 Å². The van der Waals surface area contributed by atoms with Gasteiger partial charge in [-0.25, -0.2) is 16.8 Å². The van der Waals surface area contributed by atoms with Gasteiger partial charge < -0.3 is 9.47 Å². The van der Waals surface area contributed by atoms with Crippen molar-refractivity contribution in [2.45, 2.75) is 44.6 Å². The van der Waals surface area contributed by atoms with Crippen LogP contribution in [0.5, 0.6) is 11.5 Å². The van der Waals surface area contributed by atoms with E-state index in [9.17, 15) is 16.8 Å². The summed E-state index contributed by atoms with van der Waals surface area (Å²) >= 11 is 0. The molecule has 0 amide bonds. The van der Waals surface area contributed by atoms with Crippen molar-refractivity contribution in [2.75, 3.05) is 37.4 Å². The van der Waals surface area contributed by atoms with Gasteiger partial charge in [-0.15, -0.1) is 0 Å². The number of sulfonamides is 2. The van der Waals surface area contributed by atoms with Crippen LogP contribution in [0.25, 0.3) is 0 Å². The van der Waals surface area contributed by atoms with Gasteiger partial charge in [0.25, 0.3) is 0 Å². The third-order valence-corrected chi connectivity index (χ3v) is 10.3. The van der Waals surface area contributed by atoms with Crippen molar-refractivity contribution in [2.24, 2.45) is 0 Å². The molecule has 2 aliphatic rings. The van der Waals surface area contributed by atoms with Gasteiger partial charge in [-0.2, -0.15) is 4.31 Å². The third kappa shape index (κ3) is 4.31. The Kier molecular flexibility index (Phi) is 6.36. The fourth-order valence-electron chi connectivity index (χ4n) is 4.58. The van der Waals surface area contributed by atoms with E-state index >= 15 is 0 Å². The lowest BCUT2D eigenvalue weighted by molar-refractivity contribution is 0.348. The highest BCUT2D eigenvalue weighted by atomic mass is 32.2. The molecule has 0 aliphatic carbocycles. The summed E-state index contributed by atoms with van der Waals surface area (Å²) < 4.78 is 66.0. The first-order valence-electron chi connectivity index (χ1n) is 10.9. The van der Waals surface area contributed by atoms with E-state index < -0.39 is 20.0 Å². The predicted molar refractivity (Wildman–Crippen MR) is 127 cm³/mol. The normalized spacial score (nSPS) is 18.6. The smallest absolute Gasteiger partial charge is 0.243 e. The largest absolute Gasteiger partial charge is 0.493 e. The number of anilines is 1. The Labute approximate surface area is 196 Å². The second-order valence-electron chi connectivity index (χ2n) is 8.56. The molecule has 0 atom stereocenters. The minimum atomic E-state index is -3.78. The minimum Gasteiger partial charge on any atom is -0.493 e. The lowest BCUT2D eigenvalue weighted by atomic mass is 10.0. The van der Waals surface area contributed by atoms with Crippen molar-refractivity contribution >= 4 is 25.7 Å². The molecule has 10 heteroatoms. The van der Waals surface area contributed by atoms with Crippen LogP contribution in [-0.4, -0.2) is 54.2 Å². The van der Waals surface area contributed by atoms with Gasteiger partial charge in [0.2, 0.25) is 20.0 Å². The topological polar surface area (TPSA) is 93.2 Å². The first-order valence-corrected chi connectivity index (χ1v) is 14.0. The molecule has 1 saturated heterocycles. The Morgan fingerprint density at radius 1 is 0.879 bits per heavy atom. The number of fused-ring (bicyclic) bond motifs is 1. The summed E-state index contributed by atoms with van der Waals surface area (Å²) in [4.78, 5) is 0.210. The molecule has 2 aromatic rings. The quantitative estimate of drug-likeness (QED) is 0.634. The van der Waals surface area contributed by atoms with Crippen LogP contribution in [-0.2, 0) is 33.0 Å². The van der Waals surface area contributed by atoms with Crippen LogP contribution in [0.2, 0.25) is 0 Å². The van der Waals surface area contributed by atoms with Gasteiger partial charge in [-0.3, -0.25) is 4.31 Å². The minimum absolute atomic E-state index is 0.118. The standard InChI is InChI=1S/C23H30N2O6S2/c1-16-12-23(17(2)11-20(16)25-8-5-6-10-32(25,26)27)33(28,29)24-9-7-18-13-21(30-3)22(31-4)14-19(18)15-24/h11-14H,5-10,15H2,1-4H3. The highest BCUT2D eigenvalue weighted by molar-refractivity contribution is 7.92. The van der Waals surface area contributed by atoms with Crippen LogP contribution in [0, 0.1) is 13.8 Å². The molecular formula is C23H30N2O6S2. The number of rotatable bonds is 5. The molecule has 4 rings (SSSR count). The molecule has 180 valence electrons. The monoisotopic (exact) mass is 494 g/mol. The molecule has 0 spiro atoms. The number of methoxy groups -OCH3 is 2. The molecular weight excluding hydrogens is 464 g/mol. The average molecular weight is 495 g/mol. The van der Waals surface area contributed by atoms with Gasteiger partial charge in [-0.1, -0.05) is 0 Å². The molecule has 8 nitrogen and oxygen atoms in total. The molecule has 0 bridgehead atoms. The van der Waals surface area contributed by atoms with E-state index in [1.807, 2.05) is 12.1 Å². The first-order chi connectivity index (χ1) is 15.6. The van der Waals surface area contributed by atoms with Crippen LogP contribution >= 0.6 is 0 Å². The Morgan fingerprint density at radius 2 is 1.55 bits per heavy atom. The zero-order valence-electron chi connectivity index (χ0n) is 19.4.